The summed E-state index contributed by atoms with van der Waals surface area (Å²) in [5, 5.41) is 8.91. The maximum atomic E-state index is 13.7. The topological polar surface area (TPSA) is 51.9 Å². The molecule has 4 aromatic rings. The Kier molecular flexibility index (Phi) is 5.03. The molecule has 144 valence electrons. The molecule has 0 bridgehead atoms. The number of aryl methyl sites for hydroxylation is 1. The lowest BCUT2D eigenvalue weighted by molar-refractivity contribution is 0.612. The van der Waals surface area contributed by atoms with E-state index in [1.807, 2.05) is 75.7 Å². The van der Waals surface area contributed by atoms with E-state index in [-0.39, 0.29) is 11.6 Å². The molecule has 0 saturated carbocycles. The smallest absolute Gasteiger partial charge is 0.264 e. The van der Waals surface area contributed by atoms with Crippen LogP contribution >= 0.6 is 0 Å². The first kappa shape index (κ1) is 18.7. The number of para-hydroxylation sites is 1. The summed E-state index contributed by atoms with van der Waals surface area (Å²) in [6.45, 7) is 2.05. The van der Waals surface area contributed by atoms with E-state index in [9.17, 15) is 4.79 Å². The van der Waals surface area contributed by atoms with E-state index >= 15 is 0 Å². The van der Waals surface area contributed by atoms with Crippen molar-refractivity contribution in [3.05, 3.63) is 94.2 Å². The van der Waals surface area contributed by atoms with E-state index < -0.39 is 0 Å². The number of rotatable bonds is 3. The van der Waals surface area contributed by atoms with Crippen LogP contribution in [-0.4, -0.2) is 21.4 Å². The molecular weight excluding hydrogens is 360 g/mol. The van der Waals surface area contributed by atoms with Crippen LogP contribution in [0.5, 0.6) is 0 Å². The van der Waals surface area contributed by atoms with Gasteiger partial charge in [0, 0.05) is 36.2 Å². The number of nitrogens with zero attached hydrogens (tertiary/aromatic N) is 3. The number of nitrogens with one attached hydrogen (secondary N) is 1. The Hall–Kier alpha value is -3.62. The Morgan fingerprint density at radius 3 is 2.55 bits per heavy atom. The quantitative estimate of drug-likeness (QED) is 0.553. The molecule has 29 heavy (non-hydrogen) atoms. The zero-order chi connectivity index (χ0) is 20.4. The van der Waals surface area contributed by atoms with Gasteiger partial charge >= 0.3 is 0 Å². The molecule has 2 heterocycles. The van der Waals surface area contributed by atoms with Crippen molar-refractivity contribution in [2.24, 2.45) is 7.05 Å². The molecule has 0 spiro atoms. The molecule has 5 nitrogen and oxygen atoms in total. The van der Waals surface area contributed by atoms with Crippen LogP contribution < -0.4 is 10.9 Å². The standard InChI is InChI=1S/C24H22N4O/c1-17(25-2)22-14-20-9-7-8-19(13-12-18-15-26-27(3)16-18)23(20)24(29)28(22)21-10-5-4-6-11-21/h4-11,14-17,25H,1-3H3. The molecule has 0 aliphatic rings. The minimum Gasteiger partial charge on any atom is -0.312 e. The molecule has 0 fully saturated rings. The highest BCUT2D eigenvalue weighted by molar-refractivity contribution is 5.88. The second-order valence-corrected chi connectivity index (χ2v) is 6.98. The first-order valence-corrected chi connectivity index (χ1v) is 9.50. The van der Waals surface area contributed by atoms with Crippen molar-refractivity contribution in [1.29, 1.82) is 0 Å². The summed E-state index contributed by atoms with van der Waals surface area (Å²) in [4.78, 5) is 13.7. The molecule has 0 aliphatic carbocycles. The molecule has 1 N–H and O–H groups in total. The van der Waals surface area contributed by atoms with Gasteiger partial charge in [-0.15, -0.1) is 0 Å². The van der Waals surface area contributed by atoms with Gasteiger partial charge in [0.25, 0.3) is 5.56 Å². The summed E-state index contributed by atoms with van der Waals surface area (Å²) in [5.74, 6) is 6.28. The molecule has 0 radical (unpaired) electrons. The fourth-order valence-corrected chi connectivity index (χ4v) is 3.42. The number of aromatic nitrogens is 3. The highest BCUT2D eigenvalue weighted by atomic mass is 16.1. The van der Waals surface area contributed by atoms with Crippen LogP contribution in [0.15, 0.2) is 71.8 Å². The van der Waals surface area contributed by atoms with Crippen LogP contribution in [0.2, 0.25) is 0 Å². The zero-order valence-electron chi connectivity index (χ0n) is 16.7. The van der Waals surface area contributed by atoms with Gasteiger partial charge < -0.3 is 5.32 Å². The van der Waals surface area contributed by atoms with Crippen LogP contribution in [0.1, 0.15) is 29.8 Å². The lowest BCUT2D eigenvalue weighted by Gasteiger charge is -2.19. The number of pyridine rings is 1. The van der Waals surface area contributed by atoms with Gasteiger partial charge in [0.2, 0.25) is 0 Å². The average Bonchev–Trinajstić information content (AvgIpc) is 3.17. The van der Waals surface area contributed by atoms with Gasteiger partial charge in [0.1, 0.15) is 0 Å². The maximum absolute atomic E-state index is 13.7. The number of fused-ring (bicyclic) bond motifs is 1. The molecular formula is C24H22N4O. The van der Waals surface area contributed by atoms with Crippen molar-refractivity contribution in [3.8, 4) is 17.5 Å². The largest absolute Gasteiger partial charge is 0.312 e. The minimum absolute atomic E-state index is 0.0115. The van der Waals surface area contributed by atoms with E-state index in [1.54, 1.807) is 15.4 Å². The van der Waals surface area contributed by atoms with Crippen LogP contribution in [-0.2, 0) is 7.05 Å². The summed E-state index contributed by atoms with van der Waals surface area (Å²) in [5.41, 5.74) is 3.21. The third-order valence-corrected chi connectivity index (χ3v) is 5.01. The minimum atomic E-state index is -0.0677. The number of hydrogen-bond donors (Lipinski definition) is 1. The van der Waals surface area contributed by atoms with Crippen molar-refractivity contribution >= 4 is 10.8 Å². The molecule has 2 aromatic carbocycles. The van der Waals surface area contributed by atoms with Crippen molar-refractivity contribution < 1.29 is 0 Å². The summed E-state index contributed by atoms with van der Waals surface area (Å²) in [6, 6.07) is 17.6. The van der Waals surface area contributed by atoms with Gasteiger partial charge in [-0.05, 0) is 43.6 Å². The molecule has 1 unspecified atom stereocenters. The van der Waals surface area contributed by atoms with Gasteiger partial charge in [0.15, 0.2) is 0 Å². The van der Waals surface area contributed by atoms with Gasteiger partial charge in [-0.1, -0.05) is 42.2 Å². The average molecular weight is 382 g/mol. The Balaban J connectivity index is 2.00. The summed E-state index contributed by atoms with van der Waals surface area (Å²) in [6.07, 6.45) is 3.57. The van der Waals surface area contributed by atoms with Crippen molar-refractivity contribution in [2.45, 2.75) is 13.0 Å². The molecule has 0 aliphatic heterocycles. The van der Waals surface area contributed by atoms with Crippen molar-refractivity contribution in [1.82, 2.24) is 19.7 Å². The first-order valence-electron chi connectivity index (χ1n) is 9.50. The predicted molar refractivity (Wildman–Crippen MR) is 116 cm³/mol. The van der Waals surface area contributed by atoms with E-state index in [2.05, 4.69) is 28.3 Å². The van der Waals surface area contributed by atoms with E-state index in [4.69, 9.17) is 0 Å². The van der Waals surface area contributed by atoms with Crippen molar-refractivity contribution in [3.63, 3.8) is 0 Å². The summed E-state index contributed by atoms with van der Waals surface area (Å²) in [7, 11) is 3.75. The Morgan fingerprint density at radius 2 is 1.86 bits per heavy atom. The van der Waals surface area contributed by atoms with Gasteiger partial charge in [0.05, 0.1) is 17.1 Å². The third-order valence-electron chi connectivity index (χ3n) is 5.01. The molecule has 4 rings (SSSR count). The normalized spacial score (nSPS) is 11.8. The van der Waals surface area contributed by atoms with Crippen LogP contribution in [0.25, 0.3) is 16.5 Å². The van der Waals surface area contributed by atoms with Crippen LogP contribution in [0, 0.1) is 11.8 Å². The second-order valence-electron chi connectivity index (χ2n) is 6.98. The Labute approximate surface area is 169 Å². The highest BCUT2D eigenvalue weighted by Gasteiger charge is 2.16. The Morgan fingerprint density at radius 1 is 1.07 bits per heavy atom. The summed E-state index contributed by atoms with van der Waals surface area (Å²) < 4.78 is 3.49. The SMILES string of the molecule is CNC(C)c1cc2cccc(C#Cc3cnn(C)c3)c2c(=O)n1-c1ccccc1. The van der Waals surface area contributed by atoms with Gasteiger partial charge in [-0.2, -0.15) is 5.10 Å². The summed E-state index contributed by atoms with van der Waals surface area (Å²) >= 11 is 0. The second kappa shape index (κ2) is 7.78. The lowest BCUT2D eigenvalue weighted by atomic mass is 10.0. The highest BCUT2D eigenvalue weighted by Crippen LogP contribution is 2.22. The molecule has 0 saturated heterocycles. The number of benzene rings is 2. The van der Waals surface area contributed by atoms with E-state index in [0.29, 0.717) is 10.9 Å². The van der Waals surface area contributed by atoms with Crippen LogP contribution in [0.3, 0.4) is 0 Å². The fourth-order valence-electron chi connectivity index (χ4n) is 3.42. The van der Waals surface area contributed by atoms with Crippen LogP contribution in [0.4, 0.5) is 0 Å². The zero-order valence-corrected chi connectivity index (χ0v) is 16.7. The fraction of sp³-hybridized carbons (Fsp3) is 0.167. The maximum Gasteiger partial charge on any atom is 0.264 e. The van der Waals surface area contributed by atoms with E-state index in [0.717, 1.165) is 22.3 Å². The van der Waals surface area contributed by atoms with Gasteiger partial charge in [-0.25, -0.2) is 0 Å². The van der Waals surface area contributed by atoms with Crippen molar-refractivity contribution in [2.75, 3.05) is 7.05 Å². The lowest BCUT2D eigenvalue weighted by Crippen LogP contribution is -2.27. The Bertz CT molecular complexity index is 1290. The third kappa shape index (κ3) is 3.58. The van der Waals surface area contributed by atoms with E-state index in [1.165, 1.54) is 0 Å². The predicted octanol–water partition coefficient (Wildman–Crippen LogP) is 3.40. The molecule has 1 atom stereocenters. The molecule has 5 heteroatoms. The molecule has 0 amide bonds. The number of hydrogen-bond acceptors (Lipinski definition) is 3. The molecule has 2 aromatic heterocycles. The first-order chi connectivity index (χ1) is 14.1. The monoisotopic (exact) mass is 382 g/mol. The van der Waals surface area contributed by atoms with Gasteiger partial charge in [-0.3, -0.25) is 14.0 Å².